The number of carbonyl (C=O) groups is 2. The van der Waals surface area contributed by atoms with Crippen molar-refractivity contribution in [1.82, 2.24) is 20.4 Å². The number of nitrogens with one attached hydrogen (secondary N) is 2. The lowest BCUT2D eigenvalue weighted by Gasteiger charge is -2.34. The van der Waals surface area contributed by atoms with Crippen LogP contribution in [0, 0.1) is 0 Å². The molecule has 134 valence electrons. The monoisotopic (exact) mass is 354 g/mol. The normalized spacial score (nSPS) is 16.9. The Bertz CT molecular complexity index is 527. The van der Waals surface area contributed by atoms with Gasteiger partial charge in [0.25, 0.3) is 0 Å². The summed E-state index contributed by atoms with van der Waals surface area (Å²) in [4.78, 5) is 27.7. The molecule has 1 unspecified atom stereocenters. The summed E-state index contributed by atoms with van der Waals surface area (Å²) in [5, 5.41) is 6.07. The second-order valence-electron chi connectivity index (χ2n) is 5.96. The zero-order chi connectivity index (χ0) is 16.7. The van der Waals surface area contributed by atoms with Crippen molar-refractivity contribution in [3.63, 3.8) is 0 Å². The van der Waals surface area contributed by atoms with Crippen LogP contribution in [0.15, 0.2) is 30.3 Å². The zero-order valence-corrected chi connectivity index (χ0v) is 15.1. The van der Waals surface area contributed by atoms with Gasteiger partial charge in [-0.15, -0.1) is 12.4 Å². The van der Waals surface area contributed by atoms with Gasteiger partial charge in [-0.3, -0.25) is 4.79 Å². The zero-order valence-electron chi connectivity index (χ0n) is 14.3. The van der Waals surface area contributed by atoms with Crippen molar-refractivity contribution in [2.24, 2.45) is 0 Å². The van der Waals surface area contributed by atoms with Crippen LogP contribution in [0.1, 0.15) is 18.9 Å². The highest BCUT2D eigenvalue weighted by Crippen LogP contribution is 2.05. The molecule has 1 atom stereocenters. The van der Waals surface area contributed by atoms with Gasteiger partial charge in [-0.1, -0.05) is 30.3 Å². The molecular weight excluding hydrogens is 328 g/mol. The topological polar surface area (TPSA) is 64.7 Å². The molecule has 1 aromatic rings. The van der Waals surface area contributed by atoms with Crippen molar-refractivity contribution in [3.05, 3.63) is 35.9 Å². The third-order valence-electron chi connectivity index (χ3n) is 4.05. The van der Waals surface area contributed by atoms with Crippen LogP contribution >= 0.6 is 12.4 Å². The molecule has 3 amide bonds. The predicted octanol–water partition coefficient (Wildman–Crippen LogP) is 1.46. The van der Waals surface area contributed by atoms with Gasteiger partial charge in [0.1, 0.15) is 0 Å². The van der Waals surface area contributed by atoms with Crippen molar-refractivity contribution in [3.8, 4) is 0 Å². The number of halogens is 1. The fraction of sp³-hybridized carbons (Fsp3) is 0.529. The third-order valence-corrected chi connectivity index (χ3v) is 4.05. The fourth-order valence-electron chi connectivity index (χ4n) is 2.70. The van der Waals surface area contributed by atoms with Crippen molar-refractivity contribution in [2.75, 3.05) is 33.2 Å². The van der Waals surface area contributed by atoms with Crippen LogP contribution in [0.5, 0.6) is 0 Å². The van der Waals surface area contributed by atoms with E-state index < -0.39 is 0 Å². The summed E-state index contributed by atoms with van der Waals surface area (Å²) in [6.45, 7) is 5.36. The maximum absolute atomic E-state index is 12.2. The quantitative estimate of drug-likeness (QED) is 0.841. The third kappa shape index (κ3) is 6.02. The Hall–Kier alpha value is -1.79. The Morgan fingerprint density at radius 2 is 2.04 bits per heavy atom. The number of benzene rings is 1. The summed E-state index contributed by atoms with van der Waals surface area (Å²) >= 11 is 0. The average Bonchev–Trinajstić information content (AvgIpc) is 2.56. The summed E-state index contributed by atoms with van der Waals surface area (Å²) in [6, 6.07) is 9.88. The smallest absolute Gasteiger partial charge is 0.317 e. The first-order valence-corrected chi connectivity index (χ1v) is 8.11. The fourth-order valence-corrected chi connectivity index (χ4v) is 2.70. The molecule has 24 heavy (non-hydrogen) atoms. The lowest BCUT2D eigenvalue weighted by Crippen LogP contribution is -2.52. The molecule has 2 rings (SSSR count). The Labute approximate surface area is 150 Å². The van der Waals surface area contributed by atoms with E-state index in [0.29, 0.717) is 19.5 Å². The van der Waals surface area contributed by atoms with Gasteiger partial charge in [-0.25, -0.2) is 4.79 Å². The van der Waals surface area contributed by atoms with Gasteiger partial charge in [0.05, 0.1) is 0 Å². The molecule has 1 aromatic carbocycles. The summed E-state index contributed by atoms with van der Waals surface area (Å²) in [5.41, 5.74) is 1.08. The molecule has 1 heterocycles. The van der Waals surface area contributed by atoms with E-state index >= 15 is 0 Å². The number of carbonyl (C=O) groups excluding carboxylic acids is 2. The van der Waals surface area contributed by atoms with Crippen LogP contribution in [-0.4, -0.2) is 61.0 Å². The van der Waals surface area contributed by atoms with Crippen LogP contribution < -0.4 is 10.6 Å². The van der Waals surface area contributed by atoms with Crippen molar-refractivity contribution in [2.45, 2.75) is 25.9 Å². The molecule has 1 aliphatic rings. The number of hydrogen-bond acceptors (Lipinski definition) is 3. The highest BCUT2D eigenvalue weighted by atomic mass is 35.5. The molecule has 0 aliphatic carbocycles. The molecule has 1 saturated heterocycles. The van der Waals surface area contributed by atoms with E-state index in [2.05, 4.69) is 10.6 Å². The van der Waals surface area contributed by atoms with E-state index in [9.17, 15) is 9.59 Å². The Morgan fingerprint density at radius 1 is 1.33 bits per heavy atom. The number of piperazine rings is 1. The van der Waals surface area contributed by atoms with E-state index in [1.165, 1.54) is 0 Å². The summed E-state index contributed by atoms with van der Waals surface area (Å²) in [6.07, 6.45) is 0.343. The maximum Gasteiger partial charge on any atom is 0.317 e. The van der Waals surface area contributed by atoms with Gasteiger partial charge in [0, 0.05) is 52.2 Å². The second kappa shape index (κ2) is 10.2. The molecule has 0 radical (unpaired) electrons. The minimum absolute atomic E-state index is 0. The van der Waals surface area contributed by atoms with Gasteiger partial charge < -0.3 is 20.4 Å². The lowest BCUT2D eigenvalue weighted by atomic mass is 10.2. The molecule has 0 bridgehead atoms. The van der Waals surface area contributed by atoms with Gasteiger partial charge >= 0.3 is 6.03 Å². The molecule has 6 nitrogen and oxygen atoms in total. The first-order valence-electron chi connectivity index (χ1n) is 8.11. The molecular formula is C17H27ClN4O2. The van der Waals surface area contributed by atoms with E-state index in [-0.39, 0.29) is 30.4 Å². The number of amides is 3. The predicted molar refractivity (Wildman–Crippen MR) is 97.2 cm³/mol. The Balaban J connectivity index is 0.00000288. The summed E-state index contributed by atoms with van der Waals surface area (Å²) in [5.74, 6) is 0.102. The highest BCUT2D eigenvalue weighted by Gasteiger charge is 2.22. The summed E-state index contributed by atoms with van der Waals surface area (Å²) < 4.78 is 0. The average molecular weight is 355 g/mol. The van der Waals surface area contributed by atoms with Gasteiger partial charge in [-0.05, 0) is 12.5 Å². The number of nitrogens with zero attached hydrogens (tertiary/aromatic N) is 2. The maximum atomic E-state index is 12.2. The van der Waals surface area contributed by atoms with E-state index in [1.807, 2.05) is 42.2 Å². The first-order chi connectivity index (χ1) is 11.1. The molecule has 0 saturated carbocycles. The Kier molecular flexibility index (Phi) is 8.57. The SMILES string of the molecule is CC1CNCCN1C(=O)CCNC(=O)N(C)Cc1ccccc1.Cl. The first kappa shape index (κ1) is 20.3. The van der Waals surface area contributed by atoms with Gasteiger partial charge in [0.15, 0.2) is 0 Å². The molecule has 0 aromatic heterocycles. The second-order valence-corrected chi connectivity index (χ2v) is 5.96. The standard InChI is InChI=1S/C17H26N4O2.ClH/c1-14-12-18-10-11-21(14)16(22)8-9-19-17(23)20(2)13-15-6-4-3-5-7-15;/h3-7,14,18H,8-13H2,1-2H3,(H,19,23);1H. The van der Waals surface area contributed by atoms with Crippen molar-refractivity contribution >= 4 is 24.3 Å². The molecule has 1 aliphatic heterocycles. The highest BCUT2D eigenvalue weighted by molar-refractivity contribution is 5.85. The molecule has 0 spiro atoms. The molecule has 7 heteroatoms. The summed E-state index contributed by atoms with van der Waals surface area (Å²) in [7, 11) is 1.75. The number of rotatable bonds is 5. The van der Waals surface area contributed by atoms with E-state index in [1.54, 1.807) is 11.9 Å². The van der Waals surface area contributed by atoms with Gasteiger partial charge in [-0.2, -0.15) is 0 Å². The van der Waals surface area contributed by atoms with E-state index in [4.69, 9.17) is 0 Å². The minimum atomic E-state index is -0.157. The Morgan fingerprint density at radius 3 is 2.71 bits per heavy atom. The van der Waals surface area contributed by atoms with Crippen molar-refractivity contribution < 1.29 is 9.59 Å². The van der Waals surface area contributed by atoms with Crippen LogP contribution in [0.4, 0.5) is 4.79 Å². The molecule has 1 fully saturated rings. The van der Waals surface area contributed by atoms with Crippen molar-refractivity contribution in [1.29, 1.82) is 0 Å². The lowest BCUT2D eigenvalue weighted by molar-refractivity contribution is -0.133. The van der Waals surface area contributed by atoms with Crippen LogP contribution in [0.2, 0.25) is 0 Å². The number of urea groups is 1. The minimum Gasteiger partial charge on any atom is -0.337 e. The van der Waals surface area contributed by atoms with Gasteiger partial charge in [0.2, 0.25) is 5.91 Å². The van der Waals surface area contributed by atoms with Crippen LogP contribution in [0.25, 0.3) is 0 Å². The van der Waals surface area contributed by atoms with E-state index in [0.717, 1.165) is 25.2 Å². The van der Waals surface area contributed by atoms with Crippen LogP contribution in [0.3, 0.4) is 0 Å². The molecule has 2 N–H and O–H groups in total. The largest absolute Gasteiger partial charge is 0.337 e. The van der Waals surface area contributed by atoms with Crippen LogP contribution in [-0.2, 0) is 11.3 Å². The number of hydrogen-bond donors (Lipinski definition) is 2.